The van der Waals surface area contributed by atoms with Crippen molar-refractivity contribution in [1.82, 2.24) is 9.55 Å². The summed E-state index contributed by atoms with van der Waals surface area (Å²) < 4.78 is 15.5. The first kappa shape index (κ1) is 13.5. The number of hydrogen-bond acceptors (Lipinski definition) is 3. The number of halogens is 1. The smallest absolute Gasteiger partial charge is 0.269 e. The molecule has 0 saturated heterocycles. The van der Waals surface area contributed by atoms with Crippen LogP contribution in [0.1, 0.15) is 11.1 Å². The summed E-state index contributed by atoms with van der Waals surface area (Å²) >= 11 is 0. The quantitative estimate of drug-likeness (QED) is 0.800. The minimum Gasteiger partial charge on any atom is -0.326 e. The van der Waals surface area contributed by atoms with Crippen LogP contribution in [0.5, 0.6) is 0 Å². The highest BCUT2D eigenvalue weighted by molar-refractivity contribution is 5.74. The molecule has 3 aromatic rings. The highest BCUT2D eigenvalue weighted by Crippen LogP contribution is 2.14. The fraction of sp³-hybridized carbons (Fsp3) is 0.125. The number of hydrogen-bond donors (Lipinski definition) is 1. The summed E-state index contributed by atoms with van der Waals surface area (Å²) in [4.78, 5) is 16.1. The van der Waals surface area contributed by atoms with E-state index in [2.05, 4.69) is 4.98 Å². The molecule has 0 amide bonds. The first-order chi connectivity index (χ1) is 10.2. The fourth-order valence-corrected chi connectivity index (χ4v) is 2.32. The Morgan fingerprint density at radius 3 is 2.81 bits per heavy atom. The zero-order chi connectivity index (χ0) is 14.8. The molecule has 1 heterocycles. The molecule has 0 aliphatic heterocycles. The lowest BCUT2D eigenvalue weighted by molar-refractivity contribution is 0.598. The molecule has 106 valence electrons. The lowest BCUT2D eigenvalue weighted by Gasteiger charge is -2.11. The maximum absolute atomic E-state index is 14.0. The van der Waals surface area contributed by atoms with Crippen molar-refractivity contribution in [3.63, 3.8) is 0 Å². The molecule has 0 unspecified atom stereocenters. The maximum atomic E-state index is 14.0. The summed E-state index contributed by atoms with van der Waals surface area (Å²) in [7, 11) is 0. The van der Waals surface area contributed by atoms with E-state index in [-0.39, 0.29) is 17.9 Å². The molecular weight excluding hydrogens is 269 g/mol. The average Bonchev–Trinajstić information content (AvgIpc) is 2.52. The van der Waals surface area contributed by atoms with Crippen LogP contribution in [0.4, 0.5) is 4.39 Å². The molecule has 0 atom stereocenters. The second kappa shape index (κ2) is 5.46. The Bertz CT molecular complexity index is 858. The molecule has 1 aromatic heterocycles. The monoisotopic (exact) mass is 283 g/mol. The summed E-state index contributed by atoms with van der Waals surface area (Å²) in [6.07, 6.45) is 1.26. The van der Waals surface area contributed by atoms with Gasteiger partial charge in [0, 0.05) is 12.1 Å². The summed E-state index contributed by atoms with van der Waals surface area (Å²) in [5.41, 5.74) is 7.98. The highest BCUT2D eigenvalue weighted by Gasteiger charge is 2.08. The molecule has 0 fully saturated rings. The van der Waals surface area contributed by atoms with Crippen LogP contribution in [0.2, 0.25) is 0 Å². The largest absolute Gasteiger partial charge is 0.326 e. The van der Waals surface area contributed by atoms with Crippen molar-refractivity contribution < 1.29 is 4.39 Å². The Kier molecular flexibility index (Phi) is 3.50. The van der Waals surface area contributed by atoms with Gasteiger partial charge in [-0.2, -0.15) is 0 Å². The van der Waals surface area contributed by atoms with Crippen LogP contribution < -0.4 is 11.3 Å². The molecule has 21 heavy (non-hydrogen) atoms. The molecule has 2 N–H and O–H groups in total. The minimum atomic E-state index is -0.347. The molecular formula is C16H14FN3O. The number of aromatic nitrogens is 2. The molecule has 0 radical (unpaired) electrons. The molecule has 0 bridgehead atoms. The summed E-state index contributed by atoms with van der Waals surface area (Å²) in [6, 6.07) is 12.0. The zero-order valence-electron chi connectivity index (χ0n) is 11.3. The standard InChI is InChI=1S/C16H14FN3O/c17-13-6-5-11(8-18)7-12(13)10-20-15-4-2-1-3-14(15)19-9-16(20)21/h1-7,9H,8,10,18H2. The molecule has 5 heteroatoms. The minimum absolute atomic E-state index is 0.154. The second-order valence-electron chi connectivity index (χ2n) is 4.80. The van der Waals surface area contributed by atoms with E-state index < -0.39 is 0 Å². The van der Waals surface area contributed by atoms with Gasteiger partial charge in [0.05, 0.1) is 23.8 Å². The van der Waals surface area contributed by atoms with Crippen molar-refractivity contribution >= 4 is 11.0 Å². The van der Waals surface area contributed by atoms with Crippen molar-refractivity contribution in [2.24, 2.45) is 5.73 Å². The summed E-state index contributed by atoms with van der Waals surface area (Å²) in [6.45, 7) is 0.487. The van der Waals surface area contributed by atoms with E-state index >= 15 is 0 Å². The number of fused-ring (bicyclic) bond motifs is 1. The van der Waals surface area contributed by atoms with Crippen LogP contribution in [-0.4, -0.2) is 9.55 Å². The Labute approximate surface area is 120 Å². The van der Waals surface area contributed by atoms with E-state index in [1.54, 1.807) is 18.2 Å². The van der Waals surface area contributed by atoms with Gasteiger partial charge in [-0.15, -0.1) is 0 Å². The number of para-hydroxylation sites is 2. The van der Waals surface area contributed by atoms with E-state index in [1.165, 1.54) is 16.8 Å². The highest BCUT2D eigenvalue weighted by atomic mass is 19.1. The average molecular weight is 283 g/mol. The number of nitrogens with two attached hydrogens (primary N) is 1. The van der Waals surface area contributed by atoms with Crippen molar-refractivity contribution in [2.75, 3.05) is 0 Å². The Morgan fingerprint density at radius 2 is 2.00 bits per heavy atom. The summed E-state index contributed by atoms with van der Waals surface area (Å²) in [5, 5.41) is 0. The first-order valence-corrected chi connectivity index (χ1v) is 6.61. The van der Waals surface area contributed by atoms with Gasteiger partial charge < -0.3 is 10.3 Å². The van der Waals surface area contributed by atoms with Gasteiger partial charge in [0.1, 0.15) is 5.82 Å². The predicted octanol–water partition coefficient (Wildman–Crippen LogP) is 2.04. The van der Waals surface area contributed by atoms with Crippen LogP contribution in [0, 0.1) is 5.82 Å². The number of rotatable bonds is 3. The molecule has 4 nitrogen and oxygen atoms in total. The van der Waals surface area contributed by atoms with E-state index in [4.69, 9.17) is 5.73 Å². The fourth-order valence-electron chi connectivity index (χ4n) is 2.32. The SMILES string of the molecule is NCc1ccc(F)c(Cn2c(=O)cnc3ccccc32)c1. The predicted molar refractivity (Wildman–Crippen MR) is 79.4 cm³/mol. The van der Waals surface area contributed by atoms with Crippen LogP contribution in [0.15, 0.2) is 53.5 Å². The van der Waals surface area contributed by atoms with Crippen LogP contribution in [0.3, 0.4) is 0 Å². The van der Waals surface area contributed by atoms with Gasteiger partial charge in [-0.1, -0.05) is 18.2 Å². The van der Waals surface area contributed by atoms with Gasteiger partial charge in [0.15, 0.2) is 0 Å². The Balaban J connectivity index is 2.14. The molecule has 0 spiro atoms. The van der Waals surface area contributed by atoms with E-state index in [0.29, 0.717) is 23.1 Å². The van der Waals surface area contributed by atoms with Gasteiger partial charge in [0.25, 0.3) is 5.56 Å². The molecule has 0 aliphatic carbocycles. The number of benzene rings is 2. The topological polar surface area (TPSA) is 60.9 Å². The normalized spacial score (nSPS) is 11.0. The van der Waals surface area contributed by atoms with Gasteiger partial charge in [-0.3, -0.25) is 4.79 Å². The first-order valence-electron chi connectivity index (χ1n) is 6.61. The second-order valence-corrected chi connectivity index (χ2v) is 4.80. The van der Waals surface area contributed by atoms with Gasteiger partial charge in [-0.25, -0.2) is 9.37 Å². The van der Waals surface area contributed by atoms with Crippen molar-refractivity contribution in [3.8, 4) is 0 Å². The molecule has 0 aliphatic rings. The third-order valence-corrected chi connectivity index (χ3v) is 3.43. The Morgan fingerprint density at radius 1 is 1.19 bits per heavy atom. The van der Waals surface area contributed by atoms with Gasteiger partial charge in [-0.05, 0) is 29.8 Å². The van der Waals surface area contributed by atoms with Gasteiger partial charge >= 0.3 is 0 Å². The molecule has 2 aromatic carbocycles. The van der Waals surface area contributed by atoms with Crippen molar-refractivity contribution in [3.05, 3.63) is 76.0 Å². The van der Waals surface area contributed by atoms with Crippen molar-refractivity contribution in [1.29, 1.82) is 0 Å². The lowest BCUT2D eigenvalue weighted by atomic mass is 10.1. The zero-order valence-corrected chi connectivity index (χ0v) is 11.3. The molecule has 0 saturated carbocycles. The van der Waals surface area contributed by atoms with E-state index in [1.807, 2.05) is 18.2 Å². The summed E-state index contributed by atoms with van der Waals surface area (Å²) in [5.74, 6) is -0.347. The van der Waals surface area contributed by atoms with E-state index in [9.17, 15) is 9.18 Å². The third-order valence-electron chi connectivity index (χ3n) is 3.43. The van der Waals surface area contributed by atoms with Crippen LogP contribution in [-0.2, 0) is 13.1 Å². The lowest BCUT2D eigenvalue weighted by Crippen LogP contribution is -2.21. The molecule has 3 rings (SSSR count). The number of nitrogens with zero attached hydrogens (tertiary/aromatic N) is 2. The third kappa shape index (κ3) is 2.55. The maximum Gasteiger partial charge on any atom is 0.269 e. The van der Waals surface area contributed by atoms with Crippen LogP contribution >= 0.6 is 0 Å². The van der Waals surface area contributed by atoms with Crippen LogP contribution in [0.25, 0.3) is 11.0 Å². The Hall–Kier alpha value is -2.53. The van der Waals surface area contributed by atoms with Gasteiger partial charge in [0.2, 0.25) is 0 Å². The van der Waals surface area contributed by atoms with E-state index in [0.717, 1.165) is 5.56 Å². The van der Waals surface area contributed by atoms with Crippen molar-refractivity contribution in [2.45, 2.75) is 13.1 Å².